The Morgan fingerprint density at radius 1 is 1.00 bits per heavy atom. The number of hydrogen-bond donors (Lipinski definition) is 0. The molecule has 1 aliphatic heterocycles. The van der Waals surface area contributed by atoms with E-state index in [1.165, 1.54) is 0 Å². The molecule has 0 radical (unpaired) electrons. The van der Waals surface area contributed by atoms with E-state index in [0.29, 0.717) is 17.9 Å². The number of carbonyl (C=O) groups excluding carboxylic acids is 1. The highest BCUT2D eigenvalue weighted by Crippen LogP contribution is 2.43. The fourth-order valence-corrected chi connectivity index (χ4v) is 3.25. The molecule has 0 amide bonds. The molecule has 1 aliphatic rings. The smallest absolute Gasteiger partial charge is 0.338 e. The van der Waals surface area contributed by atoms with Crippen LogP contribution in [-0.2, 0) is 14.3 Å². The third kappa shape index (κ3) is 3.36. The van der Waals surface area contributed by atoms with Gasteiger partial charge in [0.1, 0.15) is 11.5 Å². The highest BCUT2D eigenvalue weighted by Gasteiger charge is 2.34. The number of benzene rings is 2. The van der Waals surface area contributed by atoms with Gasteiger partial charge in [-0.2, -0.15) is 0 Å². The van der Waals surface area contributed by atoms with Gasteiger partial charge in [-0.05, 0) is 31.9 Å². The first-order valence-electron chi connectivity index (χ1n) is 8.50. The van der Waals surface area contributed by atoms with Crippen LogP contribution in [0.25, 0.3) is 5.76 Å². The summed E-state index contributed by atoms with van der Waals surface area (Å²) >= 11 is 0. The zero-order chi connectivity index (χ0) is 17.8. The van der Waals surface area contributed by atoms with E-state index < -0.39 is 0 Å². The van der Waals surface area contributed by atoms with Crippen LogP contribution in [0, 0.1) is 0 Å². The molecule has 0 unspecified atom stereocenters. The normalized spacial score (nSPS) is 17.3. The van der Waals surface area contributed by atoms with E-state index >= 15 is 0 Å². The van der Waals surface area contributed by atoms with Crippen LogP contribution >= 0.6 is 0 Å². The Morgan fingerprint density at radius 2 is 1.60 bits per heavy atom. The molecule has 25 heavy (non-hydrogen) atoms. The molecule has 3 nitrogen and oxygen atoms in total. The Morgan fingerprint density at radius 3 is 2.20 bits per heavy atom. The summed E-state index contributed by atoms with van der Waals surface area (Å²) in [6.45, 7) is 6.00. The van der Waals surface area contributed by atoms with Crippen LogP contribution in [-0.4, -0.2) is 12.6 Å². The maximum Gasteiger partial charge on any atom is 0.338 e. The standard InChI is InChI=1S/C22H22O3/c1-4-24-22(23)20-16(3)25-21(18-13-9-6-10-14-18)15(2)19(20)17-11-7-5-8-12-17/h5-14,19H,4H2,1-3H3/t19-/m0/s1. The van der Waals surface area contributed by atoms with Crippen molar-refractivity contribution in [1.29, 1.82) is 0 Å². The molecular weight excluding hydrogens is 312 g/mol. The molecule has 0 saturated heterocycles. The molecule has 1 atom stereocenters. The number of ether oxygens (including phenoxy) is 2. The summed E-state index contributed by atoms with van der Waals surface area (Å²) in [4.78, 5) is 12.6. The van der Waals surface area contributed by atoms with Crippen molar-refractivity contribution in [3.8, 4) is 0 Å². The lowest BCUT2D eigenvalue weighted by Crippen LogP contribution is -2.22. The van der Waals surface area contributed by atoms with Gasteiger partial charge in [0.25, 0.3) is 0 Å². The average molecular weight is 334 g/mol. The van der Waals surface area contributed by atoms with Crippen molar-refractivity contribution >= 4 is 11.7 Å². The van der Waals surface area contributed by atoms with E-state index in [1.807, 2.05) is 81.4 Å². The van der Waals surface area contributed by atoms with Gasteiger partial charge in [0.05, 0.1) is 12.2 Å². The summed E-state index contributed by atoms with van der Waals surface area (Å²) in [5, 5.41) is 0. The van der Waals surface area contributed by atoms with E-state index in [9.17, 15) is 4.79 Å². The van der Waals surface area contributed by atoms with Crippen molar-refractivity contribution in [1.82, 2.24) is 0 Å². The van der Waals surface area contributed by atoms with Gasteiger partial charge in [-0.25, -0.2) is 4.79 Å². The molecule has 3 rings (SSSR count). The van der Waals surface area contributed by atoms with Gasteiger partial charge < -0.3 is 9.47 Å². The average Bonchev–Trinajstić information content (AvgIpc) is 2.64. The summed E-state index contributed by atoms with van der Waals surface area (Å²) in [5.74, 6) is 0.904. The van der Waals surface area contributed by atoms with Crippen LogP contribution in [0.2, 0.25) is 0 Å². The first kappa shape index (κ1) is 17.0. The fourth-order valence-electron chi connectivity index (χ4n) is 3.25. The second kappa shape index (κ2) is 7.39. The molecule has 1 heterocycles. The SMILES string of the molecule is CCOC(=O)C1=C(C)OC(c2ccccc2)=C(C)[C@H]1c1ccccc1. The maximum atomic E-state index is 12.6. The second-order valence-electron chi connectivity index (χ2n) is 6.01. The zero-order valence-electron chi connectivity index (χ0n) is 14.8. The lowest BCUT2D eigenvalue weighted by Gasteiger charge is -2.30. The van der Waals surface area contributed by atoms with Gasteiger partial charge in [0.15, 0.2) is 0 Å². The number of allylic oxidation sites excluding steroid dienone is 2. The molecule has 2 aromatic rings. The van der Waals surface area contributed by atoms with Crippen LogP contribution in [0.1, 0.15) is 37.8 Å². The first-order chi connectivity index (χ1) is 12.1. The summed E-state index contributed by atoms with van der Waals surface area (Å²) in [5.41, 5.74) is 3.64. The largest absolute Gasteiger partial charge is 0.463 e. The topological polar surface area (TPSA) is 35.5 Å². The third-order valence-electron chi connectivity index (χ3n) is 4.38. The minimum absolute atomic E-state index is 0.177. The Bertz CT molecular complexity index is 817. The molecule has 0 N–H and O–H groups in total. The van der Waals surface area contributed by atoms with Crippen LogP contribution in [0.4, 0.5) is 0 Å². The van der Waals surface area contributed by atoms with Gasteiger partial charge in [0.2, 0.25) is 0 Å². The van der Waals surface area contributed by atoms with Crippen molar-refractivity contribution in [2.24, 2.45) is 0 Å². The molecule has 0 spiro atoms. The van der Waals surface area contributed by atoms with Crippen LogP contribution in [0.15, 0.2) is 77.6 Å². The molecule has 128 valence electrons. The second-order valence-corrected chi connectivity index (χ2v) is 6.01. The molecule has 0 saturated carbocycles. The Kier molecular flexibility index (Phi) is 5.03. The molecule has 0 aliphatic carbocycles. The minimum Gasteiger partial charge on any atom is -0.463 e. The van der Waals surface area contributed by atoms with Gasteiger partial charge in [0, 0.05) is 11.5 Å². The Hall–Kier alpha value is -2.81. The molecule has 0 bridgehead atoms. The van der Waals surface area contributed by atoms with E-state index in [0.717, 1.165) is 22.5 Å². The summed E-state index contributed by atoms with van der Waals surface area (Å²) in [6.07, 6.45) is 0. The van der Waals surface area contributed by atoms with Gasteiger partial charge in [-0.3, -0.25) is 0 Å². The van der Waals surface area contributed by atoms with Gasteiger partial charge in [-0.1, -0.05) is 60.7 Å². The van der Waals surface area contributed by atoms with Crippen molar-refractivity contribution in [3.63, 3.8) is 0 Å². The summed E-state index contributed by atoms with van der Waals surface area (Å²) in [6, 6.07) is 20.0. The van der Waals surface area contributed by atoms with E-state index in [-0.39, 0.29) is 11.9 Å². The van der Waals surface area contributed by atoms with Crippen LogP contribution < -0.4 is 0 Å². The van der Waals surface area contributed by atoms with E-state index in [4.69, 9.17) is 9.47 Å². The van der Waals surface area contributed by atoms with Crippen molar-refractivity contribution in [3.05, 3.63) is 88.7 Å². The predicted molar refractivity (Wildman–Crippen MR) is 98.6 cm³/mol. The first-order valence-corrected chi connectivity index (χ1v) is 8.50. The lowest BCUT2D eigenvalue weighted by molar-refractivity contribution is -0.139. The molecule has 3 heteroatoms. The quantitative estimate of drug-likeness (QED) is 0.732. The molecular formula is C22H22O3. The predicted octanol–water partition coefficient (Wildman–Crippen LogP) is 5.07. The van der Waals surface area contributed by atoms with Crippen LogP contribution in [0.5, 0.6) is 0 Å². The van der Waals surface area contributed by atoms with Crippen LogP contribution in [0.3, 0.4) is 0 Å². The molecule has 0 fully saturated rings. The third-order valence-corrected chi connectivity index (χ3v) is 4.38. The van der Waals surface area contributed by atoms with E-state index in [1.54, 1.807) is 0 Å². The molecule has 2 aromatic carbocycles. The highest BCUT2D eigenvalue weighted by atomic mass is 16.5. The minimum atomic E-state index is -0.319. The number of esters is 1. The number of hydrogen-bond acceptors (Lipinski definition) is 3. The zero-order valence-corrected chi connectivity index (χ0v) is 14.8. The summed E-state index contributed by atoms with van der Waals surface area (Å²) < 4.78 is 11.4. The van der Waals surface area contributed by atoms with Crippen molar-refractivity contribution in [2.75, 3.05) is 6.61 Å². The van der Waals surface area contributed by atoms with Gasteiger partial charge >= 0.3 is 5.97 Å². The number of rotatable bonds is 4. The maximum absolute atomic E-state index is 12.6. The monoisotopic (exact) mass is 334 g/mol. The Balaban J connectivity index is 2.14. The number of carbonyl (C=O) groups is 1. The van der Waals surface area contributed by atoms with E-state index in [2.05, 4.69) is 0 Å². The fraction of sp³-hybridized carbons (Fsp3) is 0.227. The van der Waals surface area contributed by atoms with Gasteiger partial charge in [-0.15, -0.1) is 0 Å². The molecule has 0 aromatic heterocycles. The van der Waals surface area contributed by atoms with Crippen molar-refractivity contribution in [2.45, 2.75) is 26.7 Å². The Labute approximate surface area is 148 Å². The lowest BCUT2D eigenvalue weighted by atomic mass is 9.81. The highest BCUT2D eigenvalue weighted by molar-refractivity contribution is 5.93. The summed E-state index contributed by atoms with van der Waals surface area (Å²) in [7, 11) is 0. The van der Waals surface area contributed by atoms with Crippen molar-refractivity contribution < 1.29 is 14.3 Å².